The van der Waals surface area contributed by atoms with Gasteiger partial charge in [-0.15, -0.1) is 10.2 Å². The number of carbonyl (C=O) groups is 2. The highest BCUT2D eigenvalue weighted by molar-refractivity contribution is 7.99. The second-order valence-corrected chi connectivity index (χ2v) is 8.21. The Balaban J connectivity index is 1.55. The molecule has 4 aromatic rings. The van der Waals surface area contributed by atoms with Gasteiger partial charge in [0.2, 0.25) is 5.91 Å². The molecular formula is C23H18ClN5O2S. The molecule has 0 unspecified atom stereocenters. The molecule has 0 saturated carbocycles. The number of nitrogens with one attached hydrogen (secondary N) is 1. The summed E-state index contributed by atoms with van der Waals surface area (Å²) in [6.45, 7) is 1.50. The Morgan fingerprint density at radius 3 is 2.47 bits per heavy atom. The van der Waals surface area contributed by atoms with E-state index in [0.717, 1.165) is 11.3 Å². The van der Waals surface area contributed by atoms with E-state index >= 15 is 0 Å². The van der Waals surface area contributed by atoms with Crippen LogP contribution in [-0.4, -0.2) is 37.2 Å². The third-order valence-corrected chi connectivity index (χ3v) is 5.71. The Kier molecular flexibility index (Phi) is 6.63. The highest BCUT2D eigenvalue weighted by Crippen LogP contribution is 2.29. The number of rotatable bonds is 7. The third-order valence-electron chi connectivity index (χ3n) is 4.55. The number of carbonyl (C=O) groups excluding carboxylic acids is 2. The minimum absolute atomic E-state index is 0.0243. The fraction of sp³-hybridized carbons (Fsp3) is 0.0870. The van der Waals surface area contributed by atoms with Crippen molar-refractivity contribution in [2.45, 2.75) is 12.1 Å². The number of thioether (sulfide) groups is 1. The van der Waals surface area contributed by atoms with Crippen molar-refractivity contribution < 1.29 is 9.59 Å². The fourth-order valence-corrected chi connectivity index (χ4v) is 3.95. The summed E-state index contributed by atoms with van der Waals surface area (Å²) in [5, 5.41) is 12.6. The number of Topliss-reactive ketones (excluding diaryl/α,β-unsaturated/α-hetero) is 1. The number of hydrogen-bond donors (Lipinski definition) is 1. The molecular weight excluding hydrogens is 446 g/mol. The number of amides is 1. The van der Waals surface area contributed by atoms with E-state index in [2.05, 4.69) is 20.5 Å². The first kappa shape index (κ1) is 21.7. The molecule has 0 spiro atoms. The van der Waals surface area contributed by atoms with Crippen LogP contribution < -0.4 is 5.32 Å². The molecule has 1 amide bonds. The third kappa shape index (κ3) is 5.04. The van der Waals surface area contributed by atoms with Crippen LogP contribution in [0.25, 0.3) is 17.1 Å². The van der Waals surface area contributed by atoms with Crippen LogP contribution in [0, 0.1) is 0 Å². The molecule has 1 N–H and O–H groups in total. The monoisotopic (exact) mass is 463 g/mol. The summed E-state index contributed by atoms with van der Waals surface area (Å²) < 4.78 is 1.86. The summed E-state index contributed by atoms with van der Waals surface area (Å²) >= 11 is 7.47. The quantitative estimate of drug-likeness (QED) is 0.309. The number of nitrogens with zero attached hydrogens (tertiary/aromatic N) is 4. The van der Waals surface area contributed by atoms with Crippen molar-refractivity contribution in [1.29, 1.82) is 0 Å². The zero-order valence-electron chi connectivity index (χ0n) is 17.0. The van der Waals surface area contributed by atoms with Crippen LogP contribution in [0.1, 0.15) is 17.3 Å². The van der Waals surface area contributed by atoms with E-state index in [1.807, 2.05) is 34.9 Å². The zero-order valence-corrected chi connectivity index (χ0v) is 18.6. The number of aromatic nitrogens is 4. The molecule has 7 nitrogen and oxygen atoms in total. The van der Waals surface area contributed by atoms with Crippen LogP contribution in [0.3, 0.4) is 0 Å². The van der Waals surface area contributed by atoms with Crippen molar-refractivity contribution >= 4 is 40.7 Å². The number of hydrogen-bond acceptors (Lipinski definition) is 6. The molecule has 0 bridgehead atoms. The van der Waals surface area contributed by atoms with E-state index in [1.165, 1.54) is 18.7 Å². The molecule has 2 aromatic heterocycles. The van der Waals surface area contributed by atoms with Gasteiger partial charge in [-0.3, -0.25) is 19.1 Å². The van der Waals surface area contributed by atoms with Crippen LogP contribution in [0.15, 0.2) is 78.2 Å². The smallest absolute Gasteiger partial charge is 0.234 e. The molecule has 0 aliphatic heterocycles. The van der Waals surface area contributed by atoms with Crippen LogP contribution in [-0.2, 0) is 4.79 Å². The predicted molar refractivity (Wildman–Crippen MR) is 125 cm³/mol. The molecule has 0 fully saturated rings. The summed E-state index contributed by atoms with van der Waals surface area (Å²) in [7, 11) is 0. The zero-order chi connectivity index (χ0) is 22.5. The number of anilines is 1. The number of halogens is 1. The summed E-state index contributed by atoms with van der Waals surface area (Å²) in [4.78, 5) is 27.9. The van der Waals surface area contributed by atoms with Gasteiger partial charge >= 0.3 is 0 Å². The Morgan fingerprint density at radius 1 is 1.03 bits per heavy atom. The molecule has 2 heterocycles. The van der Waals surface area contributed by atoms with E-state index in [1.54, 1.807) is 42.7 Å². The number of pyridine rings is 1. The van der Waals surface area contributed by atoms with Gasteiger partial charge < -0.3 is 5.32 Å². The van der Waals surface area contributed by atoms with Gasteiger partial charge in [-0.25, -0.2) is 0 Å². The second kappa shape index (κ2) is 9.76. The Bertz CT molecular complexity index is 1260. The molecule has 0 saturated heterocycles. The first-order valence-corrected chi connectivity index (χ1v) is 11.0. The lowest BCUT2D eigenvalue weighted by Crippen LogP contribution is -2.14. The Morgan fingerprint density at radius 2 is 1.78 bits per heavy atom. The Labute approximate surface area is 193 Å². The summed E-state index contributed by atoms with van der Waals surface area (Å²) in [5.41, 5.74) is 2.84. The van der Waals surface area contributed by atoms with Crippen molar-refractivity contribution in [3.05, 3.63) is 83.6 Å². The molecule has 0 radical (unpaired) electrons. The van der Waals surface area contributed by atoms with Gasteiger partial charge in [0, 0.05) is 34.2 Å². The predicted octanol–water partition coefficient (Wildman–Crippen LogP) is 4.92. The van der Waals surface area contributed by atoms with Crippen LogP contribution in [0.5, 0.6) is 0 Å². The maximum atomic E-state index is 12.5. The molecule has 2 aromatic carbocycles. The van der Waals surface area contributed by atoms with E-state index < -0.39 is 0 Å². The van der Waals surface area contributed by atoms with E-state index in [9.17, 15) is 9.59 Å². The Hall–Kier alpha value is -3.49. The molecule has 160 valence electrons. The summed E-state index contributed by atoms with van der Waals surface area (Å²) in [6.07, 6.45) is 3.37. The standard InChI is InChI=1S/C23H18ClN5O2S/c1-15(30)16-5-7-19(8-6-16)26-21(31)14-32-23-28-27-22(17-9-11-25-12-10-17)29(23)20-4-2-3-18(24)13-20/h2-13H,14H2,1H3,(H,26,31). The molecule has 4 rings (SSSR count). The van der Waals surface area contributed by atoms with Crippen LogP contribution in [0.4, 0.5) is 5.69 Å². The first-order valence-electron chi connectivity index (χ1n) is 9.66. The molecule has 0 aliphatic carbocycles. The number of benzene rings is 2. The lowest BCUT2D eigenvalue weighted by molar-refractivity contribution is -0.113. The number of ketones is 1. The second-order valence-electron chi connectivity index (χ2n) is 6.83. The van der Waals surface area contributed by atoms with Crippen molar-refractivity contribution in [2.75, 3.05) is 11.1 Å². The van der Waals surface area contributed by atoms with E-state index in [4.69, 9.17) is 11.6 Å². The van der Waals surface area contributed by atoms with Crippen molar-refractivity contribution in [2.24, 2.45) is 0 Å². The van der Waals surface area contributed by atoms with Crippen LogP contribution in [0.2, 0.25) is 5.02 Å². The lowest BCUT2D eigenvalue weighted by Gasteiger charge is -2.11. The average molecular weight is 464 g/mol. The van der Waals surface area contributed by atoms with Gasteiger partial charge in [0.05, 0.1) is 11.4 Å². The highest BCUT2D eigenvalue weighted by atomic mass is 35.5. The van der Waals surface area contributed by atoms with Crippen molar-refractivity contribution in [1.82, 2.24) is 19.7 Å². The van der Waals surface area contributed by atoms with Gasteiger partial charge in [-0.05, 0) is 61.5 Å². The minimum Gasteiger partial charge on any atom is -0.325 e. The van der Waals surface area contributed by atoms with Crippen molar-refractivity contribution in [3.8, 4) is 17.1 Å². The molecule has 9 heteroatoms. The minimum atomic E-state index is -0.198. The average Bonchev–Trinajstić information content (AvgIpc) is 3.23. The topological polar surface area (TPSA) is 89.8 Å². The maximum absolute atomic E-state index is 12.5. The van der Waals surface area contributed by atoms with E-state index in [-0.39, 0.29) is 17.4 Å². The lowest BCUT2D eigenvalue weighted by atomic mass is 10.1. The summed E-state index contributed by atoms with van der Waals surface area (Å²) in [5.74, 6) is 0.529. The normalized spacial score (nSPS) is 10.7. The largest absolute Gasteiger partial charge is 0.325 e. The van der Waals surface area contributed by atoms with Crippen molar-refractivity contribution in [3.63, 3.8) is 0 Å². The fourth-order valence-electron chi connectivity index (χ4n) is 3.01. The molecule has 0 aliphatic rings. The van der Waals surface area contributed by atoms with Gasteiger partial charge in [0.1, 0.15) is 0 Å². The first-order chi connectivity index (χ1) is 15.5. The van der Waals surface area contributed by atoms with E-state index in [0.29, 0.717) is 27.3 Å². The SMILES string of the molecule is CC(=O)c1ccc(NC(=O)CSc2nnc(-c3ccncc3)n2-c2cccc(Cl)c2)cc1. The highest BCUT2D eigenvalue weighted by Gasteiger charge is 2.17. The van der Waals surface area contributed by atoms with Crippen LogP contribution >= 0.6 is 23.4 Å². The molecule has 32 heavy (non-hydrogen) atoms. The molecule has 0 atom stereocenters. The van der Waals surface area contributed by atoms with Gasteiger partial charge in [0.25, 0.3) is 0 Å². The van der Waals surface area contributed by atoms with Gasteiger partial charge in [-0.1, -0.05) is 29.4 Å². The van der Waals surface area contributed by atoms with Gasteiger partial charge in [0.15, 0.2) is 16.8 Å². The summed E-state index contributed by atoms with van der Waals surface area (Å²) in [6, 6.07) is 17.8. The maximum Gasteiger partial charge on any atom is 0.234 e. The van der Waals surface area contributed by atoms with Gasteiger partial charge in [-0.2, -0.15) is 0 Å².